The first-order valence-electron chi connectivity index (χ1n) is 8.37. The zero-order chi connectivity index (χ0) is 17.4. The lowest BCUT2D eigenvalue weighted by molar-refractivity contribution is 0.0652. The van der Waals surface area contributed by atoms with Crippen molar-refractivity contribution in [1.29, 1.82) is 0 Å². The molecule has 136 valence electrons. The van der Waals surface area contributed by atoms with Crippen molar-refractivity contribution in [2.45, 2.75) is 33.3 Å². The molecular weight excluding hydrogens is 425 g/mol. The molecule has 0 heterocycles. The van der Waals surface area contributed by atoms with Gasteiger partial charge in [-0.2, -0.15) is 0 Å². The quantitative estimate of drug-likeness (QED) is 0.274. The van der Waals surface area contributed by atoms with E-state index in [4.69, 9.17) is 10.5 Å². The molecule has 1 unspecified atom stereocenters. The van der Waals surface area contributed by atoms with E-state index in [0.29, 0.717) is 19.1 Å². The number of guanidine groups is 1. The number of aliphatic imine (C=N–C) groups is 1. The van der Waals surface area contributed by atoms with Gasteiger partial charge in [0.15, 0.2) is 5.96 Å². The Kier molecular flexibility index (Phi) is 9.52. The molecule has 0 bridgehead atoms. The maximum Gasteiger partial charge on any atom is 0.193 e. The number of anilines is 1. The van der Waals surface area contributed by atoms with Crippen LogP contribution in [0, 0.1) is 13.8 Å². The number of nitrogens with zero attached hydrogens (tertiary/aromatic N) is 1. The predicted octanol–water partition coefficient (Wildman–Crippen LogP) is 4.82. The van der Waals surface area contributed by atoms with E-state index in [-0.39, 0.29) is 30.1 Å². The lowest BCUT2D eigenvalue weighted by Gasteiger charge is -2.13. The molecule has 2 aromatic carbocycles. The molecule has 0 saturated heterocycles. The fourth-order valence-electron chi connectivity index (χ4n) is 2.35. The highest BCUT2D eigenvalue weighted by Crippen LogP contribution is 2.16. The van der Waals surface area contributed by atoms with Crippen LogP contribution in [0.15, 0.2) is 53.5 Å². The molecule has 2 rings (SSSR count). The van der Waals surface area contributed by atoms with Crippen LogP contribution in [-0.4, -0.2) is 19.1 Å². The molecule has 5 heteroatoms. The van der Waals surface area contributed by atoms with Crippen molar-refractivity contribution in [3.8, 4) is 0 Å². The van der Waals surface area contributed by atoms with Crippen molar-refractivity contribution in [2.24, 2.45) is 10.7 Å². The van der Waals surface area contributed by atoms with Gasteiger partial charge in [0.1, 0.15) is 0 Å². The third-order valence-electron chi connectivity index (χ3n) is 4.00. The van der Waals surface area contributed by atoms with E-state index < -0.39 is 0 Å². The average molecular weight is 453 g/mol. The van der Waals surface area contributed by atoms with Crippen LogP contribution in [0.3, 0.4) is 0 Å². The second-order valence-corrected chi connectivity index (χ2v) is 5.97. The molecule has 0 aliphatic heterocycles. The SMILES string of the molecule is Cc1ccc(NC(N)=NCCCOC(C)c2ccccc2)cc1C.I. The average Bonchev–Trinajstić information content (AvgIpc) is 2.58. The fourth-order valence-corrected chi connectivity index (χ4v) is 2.35. The van der Waals surface area contributed by atoms with Gasteiger partial charge in [0.05, 0.1) is 6.10 Å². The molecule has 0 fully saturated rings. The van der Waals surface area contributed by atoms with Crippen LogP contribution in [0.1, 0.15) is 36.1 Å². The summed E-state index contributed by atoms with van der Waals surface area (Å²) in [6, 6.07) is 16.4. The minimum Gasteiger partial charge on any atom is -0.374 e. The van der Waals surface area contributed by atoms with Gasteiger partial charge in [-0.05, 0) is 56.0 Å². The van der Waals surface area contributed by atoms with E-state index in [1.807, 2.05) is 24.3 Å². The number of ether oxygens (including phenoxy) is 1. The van der Waals surface area contributed by atoms with E-state index >= 15 is 0 Å². The zero-order valence-corrected chi connectivity index (χ0v) is 17.5. The number of nitrogens with one attached hydrogen (secondary N) is 1. The maximum atomic E-state index is 5.93. The first-order chi connectivity index (χ1) is 11.6. The van der Waals surface area contributed by atoms with E-state index in [2.05, 4.69) is 55.3 Å². The molecule has 2 aromatic rings. The third-order valence-corrected chi connectivity index (χ3v) is 4.00. The lowest BCUT2D eigenvalue weighted by Crippen LogP contribution is -2.23. The molecule has 0 aliphatic rings. The summed E-state index contributed by atoms with van der Waals surface area (Å²) in [4.78, 5) is 4.34. The summed E-state index contributed by atoms with van der Waals surface area (Å²) < 4.78 is 5.83. The fraction of sp³-hybridized carbons (Fsp3) is 0.350. The number of aryl methyl sites for hydroxylation is 2. The smallest absolute Gasteiger partial charge is 0.193 e. The number of halogens is 1. The first kappa shape index (κ1) is 21.4. The van der Waals surface area contributed by atoms with Crippen molar-refractivity contribution in [2.75, 3.05) is 18.5 Å². The molecule has 0 aromatic heterocycles. The van der Waals surface area contributed by atoms with Crippen LogP contribution in [0.4, 0.5) is 5.69 Å². The van der Waals surface area contributed by atoms with Gasteiger partial charge in [0.25, 0.3) is 0 Å². The van der Waals surface area contributed by atoms with Gasteiger partial charge in [-0.15, -0.1) is 24.0 Å². The monoisotopic (exact) mass is 453 g/mol. The largest absolute Gasteiger partial charge is 0.374 e. The van der Waals surface area contributed by atoms with Gasteiger partial charge in [0, 0.05) is 18.8 Å². The molecule has 0 aliphatic carbocycles. The Morgan fingerprint density at radius 2 is 1.84 bits per heavy atom. The van der Waals surface area contributed by atoms with Crippen molar-refractivity contribution < 1.29 is 4.74 Å². The van der Waals surface area contributed by atoms with Gasteiger partial charge in [-0.3, -0.25) is 4.99 Å². The van der Waals surface area contributed by atoms with Crippen LogP contribution in [0.25, 0.3) is 0 Å². The normalized spacial score (nSPS) is 12.4. The van der Waals surface area contributed by atoms with E-state index in [9.17, 15) is 0 Å². The highest BCUT2D eigenvalue weighted by molar-refractivity contribution is 14.0. The topological polar surface area (TPSA) is 59.6 Å². The number of hydrogen-bond donors (Lipinski definition) is 2. The van der Waals surface area contributed by atoms with E-state index in [1.54, 1.807) is 0 Å². The molecule has 0 spiro atoms. The number of rotatable bonds is 7. The van der Waals surface area contributed by atoms with Crippen LogP contribution >= 0.6 is 24.0 Å². The first-order valence-corrected chi connectivity index (χ1v) is 8.37. The van der Waals surface area contributed by atoms with Crippen LogP contribution in [0.5, 0.6) is 0 Å². The second kappa shape index (κ2) is 11.1. The van der Waals surface area contributed by atoms with Crippen molar-refractivity contribution in [1.82, 2.24) is 0 Å². The molecule has 4 nitrogen and oxygen atoms in total. The third kappa shape index (κ3) is 7.44. The molecule has 1 atom stereocenters. The molecule has 3 N–H and O–H groups in total. The Balaban J connectivity index is 0.00000312. The summed E-state index contributed by atoms with van der Waals surface area (Å²) in [5, 5.41) is 3.12. The zero-order valence-electron chi connectivity index (χ0n) is 15.2. The summed E-state index contributed by atoms with van der Waals surface area (Å²) in [6.07, 6.45) is 0.938. The standard InChI is InChI=1S/C20H27N3O.HI/c1-15-10-11-19(14-16(15)2)23-20(21)22-12-7-13-24-17(3)18-8-5-4-6-9-18;/h4-6,8-11,14,17H,7,12-13H2,1-3H3,(H3,21,22,23);1H. The van der Waals surface area contributed by atoms with Crippen molar-refractivity contribution in [3.05, 3.63) is 65.2 Å². The number of hydrogen-bond acceptors (Lipinski definition) is 2. The summed E-state index contributed by atoms with van der Waals surface area (Å²) in [6.45, 7) is 7.54. The van der Waals surface area contributed by atoms with E-state index in [0.717, 1.165) is 12.1 Å². The summed E-state index contributed by atoms with van der Waals surface area (Å²) in [5.41, 5.74) is 10.6. The highest BCUT2D eigenvalue weighted by Gasteiger charge is 2.04. The Hall–Kier alpha value is -1.60. The maximum absolute atomic E-state index is 5.93. The summed E-state index contributed by atoms with van der Waals surface area (Å²) in [7, 11) is 0. The van der Waals surface area contributed by atoms with Gasteiger partial charge in [0.2, 0.25) is 0 Å². The van der Waals surface area contributed by atoms with Crippen LogP contribution in [-0.2, 0) is 4.74 Å². The highest BCUT2D eigenvalue weighted by atomic mass is 127. The Bertz CT molecular complexity index is 674. The van der Waals surface area contributed by atoms with Gasteiger partial charge >= 0.3 is 0 Å². The van der Waals surface area contributed by atoms with Crippen LogP contribution < -0.4 is 11.1 Å². The number of nitrogens with two attached hydrogens (primary N) is 1. The summed E-state index contributed by atoms with van der Waals surface area (Å²) >= 11 is 0. The van der Waals surface area contributed by atoms with Gasteiger partial charge in [-0.1, -0.05) is 36.4 Å². The Morgan fingerprint density at radius 3 is 2.52 bits per heavy atom. The molecule has 0 radical (unpaired) electrons. The molecule has 25 heavy (non-hydrogen) atoms. The Morgan fingerprint density at radius 1 is 1.12 bits per heavy atom. The number of benzene rings is 2. The molecule has 0 saturated carbocycles. The molecule has 0 amide bonds. The summed E-state index contributed by atoms with van der Waals surface area (Å²) in [5.74, 6) is 0.439. The van der Waals surface area contributed by atoms with Crippen molar-refractivity contribution >= 4 is 35.6 Å². The lowest BCUT2D eigenvalue weighted by atomic mass is 10.1. The van der Waals surface area contributed by atoms with E-state index in [1.165, 1.54) is 16.7 Å². The van der Waals surface area contributed by atoms with Crippen LogP contribution in [0.2, 0.25) is 0 Å². The Labute approximate surface area is 167 Å². The minimum absolute atomic E-state index is 0. The van der Waals surface area contributed by atoms with Gasteiger partial charge < -0.3 is 15.8 Å². The predicted molar refractivity (Wildman–Crippen MR) is 117 cm³/mol. The second-order valence-electron chi connectivity index (χ2n) is 5.97. The van der Waals surface area contributed by atoms with Gasteiger partial charge in [-0.25, -0.2) is 0 Å². The van der Waals surface area contributed by atoms with Crippen molar-refractivity contribution in [3.63, 3.8) is 0 Å². The minimum atomic E-state index is 0. The molecular formula is C20H28IN3O.